The average Bonchev–Trinajstić information content (AvgIpc) is 2.90. The maximum atomic E-state index is 13.5. The molecular weight excluding hydrogens is 504 g/mol. The summed E-state index contributed by atoms with van der Waals surface area (Å²) in [6.45, 7) is 4.20. The van der Waals surface area contributed by atoms with Crippen molar-refractivity contribution in [2.24, 2.45) is 0 Å². The third-order valence-corrected chi connectivity index (χ3v) is 6.94. The van der Waals surface area contributed by atoms with E-state index >= 15 is 0 Å². The van der Waals surface area contributed by atoms with Gasteiger partial charge in [0.25, 0.3) is 0 Å². The number of anilines is 4. The monoisotopic (exact) mass is 536 g/mol. The Kier molecular flexibility index (Phi) is 8.57. The van der Waals surface area contributed by atoms with Crippen LogP contribution in [0.25, 0.3) is 0 Å². The molecule has 0 radical (unpaired) electrons. The summed E-state index contributed by atoms with van der Waals surface area (Å²) in [5.74, 6) is 0. The van der Waals surface area contributed by atoms with Gasteiger partial charge in [-0.15, -0.1) is 0 Å². The summed E-state index contributed by atoms with van der Waals surface area (Å²) in [6.07, 6.45) is 1.69. The second-order valence-corrected chi connectivity index (χ2v) is 9.26. The first-order valence-electron chi connectivity index (χ1n) is 11.7. The van der Waals surface area contributed by atoms with Gasteiger partial charge in [0.15, 0.2) is 0 Å². The van der Waals surface area contributed by atoms with Crippen LogP contribution in [0.15, 0.2) is 71.2 Å². The van der Waals surface area contributed by atoms with E-state index in [1.54, 1.807) is 40.7 Å². The van der Waals surface area contributed by atoms with Gasteiger partial charge < -0.3 is 0 Å². The molecular formula is C28H33BrN4O2. The third-order valence-electron chi connectivity index (χ3n) is 6.27. The molecule has 0 bridgehead atoms. The second kappa shape index (κ2) is 11.4. The Balaban J connectivity index is 1.85. The van der Waals surface area contributed by atoms with Crippen molar-refractivity contribution in [3.05, 3.63) is 82.3 Å². The highest BCUT2D eigenvalue weighted by Crippen LogP contribution is 2.30. The van der Waals surface area contributed by atoms with Crippen molar-refractivity contribution in [3.8, 4) is 0 Å². The highest BCUT2D eigenvalue weighted by atomic mass is 79.9. The number of hydrogen-bond acceptors (Lipinski definition) is 2. The number of halogens is 1. The quantitative estimate of drug-likeness (QED) is 0.341. The third kappa shape index (κ3) is 5.51. The molecule has 0 unspecified atom stereocenters. The Morgan fingerprint density at radius 1 is 0.657 bits per heavy atom. The van der Waals surface area contributed by atoms with Crippen LogP contribution in [0.2, 0.25) is 0 Å². The van der Waals surface area contributed by atoms with Crippen molar-refractivity contribution in [2.45, 2.75) is 26.7 Å². The highest BCUT2D eigenvalue weighted by Gasteiger charge is 2.23. The van der Waals surface area contributed by atoms with E-state index in [2.05, 4.69) is 41.9 Å². The van der Waals surface area contributed by atoms with Crippen LogP contribution < -0.4 is 19.6 Å². The number of urea groups is 2. The van der Waals surface area contributed by atoms with Crippen LogP contribution in [0.3, 0.4) is 0 Å². The topological polar surface area (TPSA) is 47.1 Å². The van der Waals surface area contributed by atoms with E-state index in [0.29, 0.717) is 11.4 Å². The molecule has 6 nitrogen and oxygen atoms in total. The zero-order valence-electron chi connectivity index (χ0n) is 21.2. The molecule has 0 heterocycles. The minimum absolute atomic E-state index is 0.142. The molecule has 0 N–H and O–H groups in total. The summed E-state index contributed by atoms with van der Waals surface area (Å²) in [4.78, 5) is 33.2. The van der Waals surface area contributed by atoms with E-state index in [1.165, 1.54) is 0 Å². The summed E-state index contributed by atoms with van der Waals surface area (Å²) < 4.78 is 0.838. The van der Waals surface area contributed by atoms with Gasteiger partial charge in [-0.3, -0.25) is 19.6 Å². The van der Waals surface area contributed by atoms with Gasteiger partial charge in [0.1, 0.15) is 0 Å². The van der Waals surface area contributed by atoms with Gasteiger partial charge in [0.2, 0.25) is 0 Å². The average molecular weight is 538 g/mol. The van der Waals surface area contributed by atoms with E-state index in [1.807, 2.05) is 61.6 Å². The van der Waals surface area contributed by atoms with Gasteiger partial charge in [-0.05, 0) is 70.2 Å². The summed E-state index contributed by atoms with van der Waals surface area (Å²) in [7, 11) is 7.05. The Hall–Kier alpha value is -3.32. The van der Waals surface area contributed by atoms with Gasteiger partial charge in [-0.25, -0.2) is 9.59 Å². The fourth-order valence-corrected chi connectivity index (χ4v) is 4.70. The summed E-state index contributed by atoms with van der Waals surface area (Å²) in [6, 6.07) is 20.9. The number of rotatable bonds is 6. The highest BCUT2D eigenvalue weighted by molar-refractivity contribution is 9.10. The zero-order valence-corrected chi connectivity index (χ0v) is 22.8. The van der Waals surface area contributed by atoms with Crippen molar-refractivity contribution < 1.29 is 9.59 Å². The van der Waals surface area contributed by atoms with Gasteiger partial charge in [0, 0.05) is 44.0 Å². The molecule has 0 fully saturated rings. The zero-order chi connectivity index (χ0) is 25.7. The standard InChI is InChI=1S/C28H33BrN4O2/c1-7-20-13-11-14-21(8-2)26(20)33(6)28(35)31(4)23-16-12-15-22(19-23)30(3)27(34)32(5)25-18-10-9-17-24(25)29/h9-19H,7-8H2,1-6H3. The molecule has 3 aromatic carbocycles. The molecule has 3 rings (SSSR count). The predicted molar refractivity (Wildman–Crippen MR) is 150 cm³/mol. The van der Waals surface area contributed by atoms with Crippen molar-refractivity contribution >= 4 is 50.7 Å². The van der Waals surface area contributed by atoms with Crippen LogP contribution in [0, 0.1) is 0 Å². The van der Waals surface area contributed by atoms with E-state index in [9.17, 15) is 9.59 Å². The summed E-state index contributed by atoms with van der Waals surface area (Å²) in [5.41, 5.74) is 5.42. The second-order valence-electron chi connectivity index (χ2n) is 8.40. The normalized spacial score (nSPS) is 10.6. The number of para-hydroxylation sites is 2. The van der Waals surface area contributed by atoms with Gasteiger partial charge in [-0.2, -0.15) is 0 Å². The molecule has 0 atom stereocenters. The van der Waals surface area contributed by atoms with Gasteiger partial charge in [0.05, 0.1) is 11.4 Å². The van der Waals surface area contributed by atoms with E-state index in [-0.39, 0.29) is 12.1 Å². The Bertz CT molecular complexity index is 1190. The fraction of sp³-hybridized carbons (Fsp3) is 0.286. The molecule has 35 heavy (non-hydrogen) atoms. The summed E-state index contributed by atoms with van der Waals surface area (Å²) in [5, 5.41) is 0. The van der Waals surface area contributed by atoms with E-state index in [0.717, 1.165) is 39.8 Å². The van der Waals surface area contributed by atoms with Crippen molar-refractivity contribution in [2.75, 3.05) is 47.8 Å². The molecule has 0 saturated carbocycles. The van der Waals surface area contributed by atoms with Crippen molar-refractivity contribution in [1.82, 2.24) is 0 Å². The minimum Gasteiger partial charge on any atom is -0.297 e. The molecule has 4 amide bonds. The molecule has 7 heteroatoms. The maximum absolute atomic E-state index is 13.5. The number of carbonyl (C=O) groups excluding carboxylic acids is 2. The Morgan fingerprint density at radius 2 is 1.14 bits per heavy atom. The molecule has 0 aliphatic heterocycles. The number of carbonyl (C=O) groups is 2. The van der Waals surface area contributed by atoms with E-state index < -0.39 is 0 Å². The number of amides is 4. The number of hydrogen-bond donors (Lipinski definition) is 0. The number of nitrogens with zero attached hydrogens (tertiary/aromatic N) is 4. The van der Waals surface area contributed by atoms with Crippen molar-refractivity contribution in [3.63, 3.8) is 0 Å². The van der Waals surface area contributed by atoms with Crippen LogP contribution >= 0.6 is 15.9 Å². The smallest absolute Gasteiger partial charge is 0.297 e. The lowest BCUT2D eigenvalue weighted by molar-refractivity contribution is 0.253. The maximum Gasteiger partial charge on any atom is 0.328 e. The van der Waals surface area contributed by atoms with Gasteiger partial charge >= 0.3 is 12.1 Å². The lowest BCUT2D eigenvalue weighted by atomic mass is 10.0. The molecule has 0 spiro atoms. The molecule has 0 aromatic heterocycles. The molecule has 0 aliphatic carbocycles. The largest absolute Gasteiger partial charge is 0.328 e. The predicted octanol–water partition coefficient (Wildman–Crippen LogP) is 6.96. The molecule has 0 saturated heterocycles. The van der Waals surface area contributed by atoms with Crippen LogP contribution in [0.4, 0.5) is 32.3 Å². The first kappa shape index (κ1) is 26.3. The van der Waals surface area contributed by atoms with Crippen LogP contribution in [-0.2, 0) is 12.8 Å². The van der Waals surface area contributed by atoms with Gasteiger partial charge in [-0.1, -0.05) is 50.2 Å². The van der Waals surface area contributed by atoms with E-state index in [4.69, 9.17) is 0 Å². The Labute approximate surface area is 216 Å². The first-order valence-corrected chi connectivity index (χ1v) is 12.5. The molecule has 3 aromatic rings. The lowest BCUT2D eigenvalue weighted by Crippen LogP contribution is -2.40. The SMILES string of the molecule is CCc1cccc(CC)c1N(C)C(=O)N(C)c1cccc(N(C)C(=O)N(C)c2ccccc2Br)c1. The van der Waals surface area contributed by atoms with Crippen LogP contribution in [-0.4, -0.2) is 40.3 Å². The number of benzene rings is 3. The lowest BCUT2D eigenvalue weighted by Gasteiger charge is -2.29. The minimum atomic E-state index is -0.190. The molecule has 184 valence electrons. The molecule has 0 aliphatic rings. The first-order chi connectivity index (χ1) is 16.7. The Morgan fingerprint density at radius 3 is 1.66 bits per heavy atom. The van der Waals surface area contributed by atoms with Crippen molar-refractivity contribution in [1.29, 1.82) is 0 Å². The summed E-state index contributed by atoms with van der Waals surface area (Å²) >= 11 is 3.51. The van der Waals surface area contributed by atoms with Crippen LogP contribution in [0.1, 0.15) is 25.0 Å². The van der Waals surface area contributed by atoms with Crippen LogP contribution in [0.5, 0.6) is 0 Å². The number of aryl methyl sites for hydroxylation is 2. The fourth-order valence-electron chi connectivity index (χ4n) is 4.15.